The van der Waals surface area contributed by atoms with E-state index >= 15 is 0 Å². The molecule has 0 radical (unpaired) electrons. The Morgan fingerprint density at radius 1 is 0.893 bits per heavy atom. The van der Waals surface area contributed by atoms with Crippen LogP contribution in [-0.4, -0.2) is 16.8 Å². The largest absolute Gasteiger partial charge is 0.322 e. The summed E-state index contributed by atoms with van der Waals surface area (Å²) >= 11 is 0. The van der Waals surface area contributed by atoms with Gasteiger partial charge in [-0.3, -0.25) is 14.6 Å². The molecule has 1 heterocycles. The molecule has 0 saturated heterocycles. The number of benzene rings is 2. The van der Waals surface area contributed by atoms with Gasteiger partial charge in [-0.1, -0.05) is 6.07 Å². The zero-order chi connectivity index (χ0) is 20.1. The number of carbonyl (C=O) groups excluding carboxylic acids is 2. The maximum absolute atomic E-state index is 13.3. The SMILES string of the molecule is N#Cc1cccc(NC(=O)c2cc(C(=O)Nc3ccc(F)c(F)c3)ccn2)c1. The first kappa shape index (κ1) is 18.7. The average molecular weight is 378 g/mol. The first-order chi connectivity index (χ1) is 13.5. The monoisotopic (exact) mass is 378 g/mol. The van der Waals surface area contributed by atoms with E-state index in [9.17, 15) is 18.4 Å². The zero-order valence-corrected chi connectivity index (χ0v) is 14.2. The predicted molar refractivity (Wildman–Crippen MR) is 97.7 cm³/mol. The number of halogens is 2. The number of hydrogen-bond donors (Lipinski definition) is 2. The summed E-state index contributed by atoms with van der Waals surface area (Å²) in [5.41, 5.74) is 0.934. The Hall–Kier alpha value is -4.12. The molecule has 0 aliphatic heterocycles. The minimum Gasteiger partial charge on any atom is -0.322 e. The molecule has 6 nitrogen and oxygen atoms in total. The number of hydrogen-bond acceptors (Lipinski definition) is 4. The van der Waals surface area contributed by atoms with E-state index in [1.807, 2.05) is 6.07 Å². The molecule has 0 atom stereocenters. The number of nitriles is 1. The highest BCUT2D eigenvalue weighted by Crippen LogP contribution is 2.15. The van der Waals surface area contributed by atoms with Crippen LogP contribution in [0.2, 0.25) is 0 Å². The van der Waals surface area contributed by atoms with E-state index in [0.29, 0.717) is 11.3 Å². The van der Waals surface area contributed by atoms with Crippen molar-refractivity contribution in [3.63, 3.8) is 0 Å². The zero-order valence-electron chi connectivity index (χ0n) is 14.2. The van der Waals surface area contributed by atoms with Gasteiger partial charge in [-0.2, -0.15) is 5.26 Å². The van der Waals surface area contributed by atoms with Gasteiger partial charge in [-0.05, 0) is 42.5 Å². The van der Waals surface area contributed by atoms with Crippen LogP contribution >= 0.6 is 0 Å². The van der Waals surface area contributed by atoms with Crippen molar-refractivity contribution >= 4 is 23.2 Å². The van der Waals surface area contributed by atoms with Crippen molar-refractivity contribution in [3.8, 4) is 6.07 Å². The Kier molecular flexibility index (Phi) is 5.37. The van der Waals surface area contributed by atoms with E-state index in [1.165, 1.54) is 30.5 Å². The lowest BCUT2D eigenvalue weighted by Gasteiger charge is -2.08. The molecule has 0 spiro atoms. The molecule has 0 saturated carbocycles. The number of nitrogens with one attached hydrogen (secondary N) is 2. The van der Waals surface area contributed by atoms with Crippen LogP contribution in [0.3, 0.4) is 0 Å². The van der Waals surface area contributed by atoms with Crippen molar-refractivity contribution in [2.24, 2.45) is 0 Å². The average Bonchev–Trinajstić information content (AvgIpc) is 2.71. The van der Waals surface area contributed by atoms with Gasteiger partial charge in [0.2, 0.25) is 0 Å². The van der Waals surface area contributed by atoms with E-state index in [2.05, 4.69) is 15.6 Å². The normalized spacial score (nSPS) is 10.0. The number of aromatic nitrogens is 1. The highest BCUT2D eigenvalue weighted by molar-refractivity contribution is 6.07. The Morgan fingerprint density at radius 3 is 2.39 bits per heavy atom. The predicted octanol–water partition coefficient (Wildman–Crippen LogP) is 3.74. The molecule has 3 aromatic rings. The second-order valence-corrected chi connectivity index (χ2v) is 5.66. The number of carbonyl (C=O) groups is 2. The fraction of sp³-hybridized carbons (Fsp3) is 0. The van der Waals surface area contributed by atoms with E-state index in [4.69, 9.17) is 5.26 Å². The molecular formula is C20H12F2N4O2. The molecule has 1 aromatic heterocycles. The van der Waals surface area contributed by atoms with Crippen LogP contribution in [0.25, 0.3) is 0 Å². The standard InChI is InChI=1S/C20H12F2N4O2/c21-16-5-4-15(10-17(16)22)25-19(27)13-6-7-24-18(9-13)20(28)26-14-3-1-2-12(8-14)11-23/h1-10H,(H,25,27)(H,26,28). The van der Waals surface area contributed by atoms with Gasteiger partial charge in [0.05, 0.1) is 11.6 Å². The Bertz CT molecular complexity index is 1110. The Morgan fingerprint density at radius 2 is 1.64 bits per heavy atom. The van der Waals surface area contributed by atoms with Crippen LogP contribution < -0.4 is 10.6 Å². The molecule has 2 amide bonds. The second kappa shape index (κ2) is 8.05. The third-order valence-corrected chi connectivity index (χ3v) is 3.68. The highest BCUT2D eigenvalue weighted by atomic mass is 19.2. The minimum atomic E-state index is -1.09. The summed E-state index contributed by atoms with van der Waals surface area (Å²) in [6.07, 6.45) is 1.28. The van der Waals surface area contributed by atoms with Crippen molar-refractivity contribution in [1.82, 2.24) is 4.98 Å². The molecule has 0 aliphatic rings. The fourth-order valence-corrected chi connectivity index (χ4v) is 2.33. The number of pyridine rings is 1. The lowest BCUT2D eigenvalue weighted by molar-refractivity contribution is 0.102. The van der Waals surface area contributed by atoms with Crippen LogP contribution in [0.4, 0.5) is 20.2 Å². The van der Waals surface area contributed by atoms with Gasteiger partial charge in [0.1, 0.15) is 5.69 Å². The third kappa shape index (κ3) is 4.34. The van der Waals surface area contributed by atoms with Gasteiger partial charge in [0.15, 0.2) is 11.6 Å². The number of rotatable bonds is 4. The van der Waals surface area contributed by atoms with Gasteiger partial charge in [-0.25, -0.2) is 8.78 Å². The van der Waals surface area contributed by atoms with Crippen molar-refractivity contribution in [3.05, 3.63) is 89.2 Å². The van der Waals surface area contributed by atoms with Crippen molar-refractivity contribution < 1.29 is 18.4 Å². The lowest BCUT2D eigenvalue weighted by Crippen LogP contribution is -2.17. The molecule has 0 fully saturated rings. The van der Waals surface area contributed by atoms with Crippen LogP contribution in [0, 0.1) is 23.0 Å². The summed E-state index contributed by atoms with van der Waals surface area (Å²) in [4.78, 5) is 28.6. The summed E-state index contributed by atoms with van der Waals surface area (Å²) < 4.78 is 26.2. The van der Waals surface area contributed by atoms with E-state index < -0.39 is 23.4 Å². The summed E-state index contributed by atoms with van der Waals surface area (Å²) in [7, 11) is 0. The van der Waals surface area contributed by atoms with Gasteiger partial charge in [-0.15, -0.1) is 0 Å². The molecule has 3 rings (SSSR count). The Balaban J connectivity index is 1.75. The van der Waals surface area contributed by atoms with Crippen molar-refractivity contribution in [1.29, 1.82) is 5.26 Å². The van der Waals surface area contributed by atoms with E-state index in [-0.39, 0.29) is 16.9 Å². The van der Waals surface area contributed by atoms with E-state index in [0.717, 1.165) is 12.1 Å². The first-order valence-corrected chi connectivity index (χ1v) is 8.00. The van der Waals surface area contributed by atoms with Crippen LogP contribution in [0.1, 0.15) is 26.4 Å². The molecule has 2 aromatic carbocycles. The van der Waals surface area contributed by atoms with Gasteiger partial charge in [0.25, 0.3) is 11.8 Å². The number of anilines is 2. The molecule has 0 bridgehead atoms. The minimum absolute atomic E-state index is 0.0275. The maximum atomic E-state index is 13.3. The molecule has 28 heavy (non-hydrogen) atoms. The van der Waals surface area contributed by atoms with Gasteiger partial charge < -0.3 is 10.6 Å². The Labute approximate surface area is 158 Å². The fourth-order valence-electron chi connectivity index (χ4n) is 2.33. The van der Waals surface area contributed by atoms with Crippen LogP contribution in [-0.2, 0) is 0 Å². The second-order valence-electron chi connectivity index (χ2n) is 5.66. The van der Waals surface area contributed by atoms with Crippen LogP contribution in [0.5, 0.6) is 0 Å². The van der Waals surface area contributed by atoms with Crippen molar-refractivity contribution in [2.75, 3.05) is 10.6 Å². The smallest absolute Gasteiger partial charge is 0.274 e. The van der Waals surface area contributed by atoms with Crippen molar-refractivity contribution in [2.45, 2.75) is 0 Å². The molecule has 138 valence electrons. The summed E-state index contributed by atoms with van der Waals surface area (Å²) in [5, 5.41) is 13.9. The van der Waals surface area contributed by atoms with Gasteiger partial charge >= 0.3 is 0 Å². The molecule has 2 N–H and O–H groups in total. The quantitative estimate of drug-likeness (QED) is 0.723. The summed E-state index contributed by atoms with van der Waals surface area (Å²) in [5.74, 6) is -3.31. The summed E-state index contributed by atoms with van der Waals surface area (Å²) in [6.45, 7) is 0. The topological polar surface area (TPSA) is 94.9 Å². The summed E-state index contributed by atoms with van der Waals surface area (Å²) in [6, 6.07) is 13.9. The molecule has 0 unspecified atom stereocenters. The highest BCUT2D eigenvalue weighted by Gasteiger charge is 2.13. The molecular weight excluding hydrogens is 366 g/mol. The van der Waals surface area contributed by atoms with E-state index in [1.54, 1.807) is 18.2 Å². The number of nitrogens with zero attached hydrogens (tertiary/aromatic N) is 2. The van der Waals surface area contributed by atoms with Gasteiger partial charge in [0, 0.05) is 29.2 Å². The lowest BCUT2D eigenvalue weighted by atomic mass is 10.2. The first-order valence-electron chi connectivity index (χ1n) is 8.00. The molecule has 8 heteroatoms. The van der Waals surface area contributed by atoms with Crippen LogP contribution in [0.15, 0.2) is 60.8 Å². The maximum Gasteiger partial charge on any atom is 0.274 e. The molecule has 0 aliphatic carbocycles. The number of amides is 2. The third-order valence-electron chi connectivity index (χ3n) is 3.68.